The van der Waals surface area contributed by atoms with Crippen molar-refractivity contribution in [1.82, 2.24) is 4.98 Å². The van der Waals surface area contributed by atoms with Crippen LogP contribution >= 0.6 is 11.6 Å². The van der Waals surface area contributed by atoms with Gasteiger partial charge in [0.2, 0.25) is 0 Å². The second-order valence-corrected chi connectivity index (χ2v) is 4.85. The first kappa shape index (κ1) is 13.1. The first-order valence-corrected chi connectivity index (χ1v) is 6.37. The van der Waals surface area contributed by atoms with Gasteiger partial charge in [0.15, 0.2) is 0 Å². The van der Waals surface area contributed by atoms with Crippen molar-refractivity contribution in [2.24, 2.45) is 0 Å². The average molecular weight is 262 g/mol. The lowest BCUT2D eigenvalue weighted by molar-refractivity contribution is 0.149. The van der Waals surface area contributed by atoms with Gasteiger partial charge in [0.05, 0.1) is 11.1 Å². The Morgan fingerprint density at radius 3 is 2.61 bits per heavy atom. The summed E-state index contributed by atoms with van der Waals surface area (Å²) < 4.78 is 0. The minimum atomic E-state index is -0.452. The van der Waals surface area contributed by atoms with E-state index in [4.69, 9.17) is 11.6 Å². The zero-order chi connectivity index (χ0) is 13.0. The van der Waals surface area contributed by atoms with Gasteiger partial charge in [-0.1, -0.05) is 48.9 Å². The topological polar surface area (TPSA) is 33.1 Å². The third-order valence-electron chi connectivity index (χ3n) is 3.19. The smallest absolute Gasteiger partial charge is 0.0646 e. The fourth-order valence-electron chi connectivity index (χ4n) is 1.95. The van der Waals surface area contributed by atoms with E-state index < -0.39 is 6.10 Å². The summed E-state index contributed by atoms with van der Waals surface area (Å²) in [4.78, 5) is 3.94. The molecule has 2 aromatic rings. The Kier molecular flexibility index (Phi) is 4.34. The molecular weight excluding hydrogens is 246 g/mol. The molecule has 1 heterocycles. The van der Waals surface area contributed by atoms with E-state index in [0.717, 1.165) is 11.1 Å². The van der Waals surface area contributed by atoms with Gasteiger partial charge in [0.25, 0.3) is 0 Å². The van der Waals surface area contributed by atoms with Crippen molar-refractivity contribution in [3.8, 4) is 0 Å². The molecule has 0 aliphatic rings. The van der Waals surface area contributed by atoms with Gasteiger partial charge in [-0.3, -0.25) is 4.98 Å². The molecule has 2 atom stereocenters. The van der Waals surface area contributed by atoms with E-state index in [1.807, 2.05) is 43.3 Å². The van der Waals surface area contributed by atoms with E-state index in [-0.39, 0.29) is 5.92 Å². The number of aromatic nitrogens is 1. The summed E-state index contributed by atoms with van der Waals surface area (Å²) in [6.45, 7) is 2.02. The fourth-order valence-corrected chi connectivity index (χ4v) is 2.15. The van der Waals surface area contributed by atoms with Gasteiger partial charge in [0, 0.05) is 24.7 Å². The summed E-state index contributed by atoms with van der Waals surface area (Å²) in [7, 11) is 0. The van der Waals surface area contributed by atoms with Crippen LogP contribution in [-0.2, 0) is 6.42 Å². The number of pyridine rings is 1. The Labute approximate surface area is 112 Å². The van der Waals surface area contributed by atoms with E-state index in [2.05, 4.69) is 4.98 Å². The number of rotatable bonds is 4. The highest BCUT2D eigenvalue weighted by Gasteiger charge is 2.17. The monoisotopic (exact) mass is 261 g/mol. The zero-order valence-electron chi connectivity index (χ0n) is 10.3. The fraction of sp³-hybridized carbons (Fsp3) is 0.267. The molecule has 0 amide bonds. The molecule has 2 nitrogen and oxygen atoms in total. The normalized spacial score (nSPS) is 14.2. The van der Waals surface area contributed by atoms with Crippen LogP contribution in [0.4, 0.5) is 0 Å². The van der Waals surface area contributed by atoms with E-state index in [9.17, 15) is 5.11 Å². The van der Waals surface area contributed by atoms with Gasteiger partial charge in [-0.05, 0) is 17.2 Å². The lowest BCUT2D eigenvalue weighted by Crippen LogP contribution is -2.19. The third kappa shape index (κ3) is 3.09. The largest absolute Gasteiger partial charge is 0.392 e. The van der Waals surface area contributed by atoms with Crippen LogP contribution in [0.5, 0.6) is 0 Å². The quantitative estimate of drug-likeness (QED) is 0.915. The number of hydrogen-bond acceptors (Lipinski definition) is 2. The van der Waals surface area contributed by atoms with E-state index in [0.29, 0.717) is 11.4 Å². The molecule has 1 aromatic heterocycles. The molecule has 3 heteroatoms. The molecule has 2 unspecified atom stereocenters. The Morgan fingerprint density at radius 1 is 1.22 bits per heavy atom. The van der Waals surface area contributed by atoms with E-state index >= 15 is 0 Å². The predicted molar refractivity (Wildman–Crippen MR) is 73.8 cm³/mol. The van der Waals surface area contributed by atoms with Crippen LogP contribution in [0, 0.1) is 0 Å². The standard InChI is InChI=1S/C15H16ClNO/c1-11(12-5-3-2-4-6-12)15(18)9-13-7-8-17-10-14(13)16/h2-8,10-11,15,18H,9H2,1H3. The Morgan fingerprint density at radius 2 is 1.94 bits per heavy atom. The summed E-state index contributed by atoms with van der Waals surface area (Å²) in [5.41, 5.74) is 2.07. The average Bonchev–Trinajstić information content (AvgIpc) is 2.41. The van der Waals surface area contributed by atoms with Crippen molar-refractivity contribution >= 4 is 11.6 Å². The maximum absolute atomic E-state index is 10.3. The summed E-state index contributed by atoms with van der Waals surface area (Å²) in [5, 5.41) is 10.9. The molecule has 0 aliphatic carbocycles. The molecule has 18 heavy (non-hydrogen) atoms. The summed E-state index contributed by atoms with van der Waals surface area (Å²) in [6, 6.07) is 11.9. The zero-order valence-corrected chi connectivity index (χ0v) is 11.0. The number of halogens is 1. The van der Waals surface area contributed by atoms with Gasteiger partial charge in [-0.2, -0.15) is 0 Å². The molecule has 0 fully saturated rings. The van der Waals surface area contributed by atoms with Gasteiger partial charge in [-0.15, -0.1) is 0 Å². The Hall–Kier alpha value is -1.38. The molecule has 0 bridgehead atoms. The highest BCUT2D eigenvalue weighted by molar-refractivity contribution is 6.31. The summed E-state index contributed by atoms with van der Waals surface area (Å²) in [6.07, 6.45) is 3.39. The minimum absolute atomic E-state index is 0.0791. The van der Waals surface area contributed by atoms with Crippen molar-refractivity contribution in [3.05, 3.63) is 64.9 Å². The first-order chi connectivity index (χ1) is 8.68. The third-order valence-corrected chi connectivity index (χ3v) is 3.53. The summed E-state index contributed by atoms with van der Waals surface area (Å²) >= 11 is 6.05. The van der Waals surface area contributed by atoms with E-state index in [1.165, 1.54) is 0 Å². The van der Waals surface area contributed by atoms with Crippen LogP contribution in [0.25, 0.3) is 0 Å². The van der Waals surface area contributed by atoms with E-state index in [1.54, 1.807) is 12.4 Å². The summed E-state index contributed by atoms with van der Waals surface area (Å²) in [5.74, 6) is 0.0791. The molecule has 1 N–H and O–H groups in total. The number of benzene rings is 1. The molecule has 0 spiro atoms. The molecule has 0 radical (unpaired) electrons. The van der Waals surface area contributed by atoms with Crippen LogP contribution < -0.4 is 0 Å². The second-order valence-electron chi connectivity index (χ2n) is 4.44. The number of hydrogen-bond donors (Lipinski definition) is 1. The first-order valence-electron chi connectivity index (χ1n) is 6.00. The van der Waals surface area contributed by atoms with Crippen LogP contribution in [0.15, 0.2) is 48.8 Å². The van der Waals surface area contributed by atoms with Crippen LogP contribution in [0.1, 0.15) is 24.0 Å². The highest BCUT2D eigenvalue weighted by Crippen LogP contribution is 2.24. The van der Waals surface area contributed by atoms with Crippen LogP contribution in [0.2, 0.25) is 5.02 Å². The van der Waals surface area contributed by atoms with Gasteiger partial charge >= 0.3 is 0 Å². The molecule has 0 saturated heterocycles. The Balaban J connectivity index is 2.09. The molecular formula is C15H16ClNO. The van der Waals surface area contributed by atoms with Gasteiger partial charge in [0.1, 0.15) is 0 Å². The van der Waals surface area contributed by atoms with Crippen molar-refractivity contribution in [2.75, 3.05) is 0 Å². The van der Waals surface area contributed by atoms with Crippen LogP contribution in [-0.4, -0.2) is 16.2 Å². The van der Waals surface area contributed by atoms with Crippen molar-refractivity contribution < 1.29 is 5.11 Å². The molecule has 1 aromatic carbocycles. The van der Waals surface area contributed by atoms with Gasteiger partial charge < -0.3 is 5.11 Å². The minimum Gasteiger partial charge on any atom is -0.392 e. The van der Waals surface area contributed by atoms with Crippen molar-refractivity contribution in [1.29, 1.82) is 0 Å². The van der Waals surface area contributed by atoms with Gasteiger partial charge in [-0.25, -0.2) is 0 Å². The maximum atomic E-state index is 10.3. The Bertz CT molecular complexity index is 501. The lowest BCUT2D eigenvalue weighted by atomic mass is 9.91. The maximum Gasteiger partial charge on any atom is 0.0646 e. The molecule has 2 rings (SSSR count). The second kappa shape index (κ2) is 5.98. The molecule has 0 saturated carbocycles. The number of aliphatic hydroxyl groups excluding tert-OH is 1. The number of aliphatic hydroxyl groups is 1. The highest BCUT2D eigenvalue weighted by atomic mass is 35.5. The number of nitrogens with zero attached hydrogens (tertiary/aromatic N) is 1. The van der Waals surface area contributed by atoms with Crippen molar-refractivity contribution in [3.63, 3.8) is 0 Å². The molecule has 0 aliphatic heterocycles. The van der Waals surface area contributed by atoms with Crippen LogP contribution in [0.3, 0.4) is 0 Å². The SMILES string of the molecule is CC(c1ccccc1)C(O)Cc1ccncc1Cl. The predicted octanol–water partition coefficient (Wildman–Crippen LogP) is 3.44. The molecule has 94 valence electrons. The van der Waals surface area contributed by atoms with Crippen molar-refractivity contribution in [2.45, 2.75) is 25.4 Å². The lowest BCUT2D eigenvalue weighted by Gasteiger charge is -2.19.